The molecule has 0 bridgehead atoms. The largest absolute Gasteiger partial charge is 0.477 e. The number of hydrogen-bond acceptors (Lipinski definition) is 2. The van der Waals surface area contributed by atoms with E-state index < -0.39 is 5.97 Å². The summed E-state index contributed by atoms with van der Waals surface area (Å²) < 4.78 is 0. The van der Waals surface area contributed by atoms with Gasteiger partial charge in [-0.15, -0.1) is 0 Å². The molecule has 0 spiro atoms. The van der Waals surface area contributed by atoms with Gasteiger partial charge in [0.2, 0.25) is 0 Å². The molecule has 0 saturated carbocycles. The van der Waals surface area contributed by atoms with Gasteiger partial charge in [-0.1, -0.05) is 13.8 Å². The Kier molecular flexibility index (Phi) is 2.19. The van der Waals surface area contributed by atoms with Gasteiger partial charge in [0.25, 0.3) is 0 Å². The third kappa shape index (κ3) is 1.70. The van der Waals surface area contributed by atoms with Crippen molar-refractivity contribution in [2.24, 2.45) is 0 Å². The van der Waals surface area contributed by atoms with Crippen molar-refractivity contribution in [3.63, 3.8) is 0 Å². The Morgan fingerprint density at radius 3 is 2.80 bits per heavy atom. The van der Waals surface area contributed by atoms with Crippen LogP contribution in [0.4, 0.5) is 0 Å². The summed E-state index contributed by atoms with van der Waals surface area (Å²) in [6.07, 6.45) is 0. The van der Waals surface area contributed by atoms with Crippen molar-refractivity contribution in [3.8, 4) is 0 Å². The van der Waals surface area contributed by atoms with Gasteiger partial charge in [0.05, 0.1) is 11.0 Å². The van der Waals surface area contributed by atoms with Gasteiger partial charge in [-0.3, -0.25) is 4.98 Å². The second-order valence-corrected chi connectivity index (χ2v) is 3.81. The van der Waals surface area contributed by atoms with Crippen LogP contribution in [0.25, 0.3) is 11.0 Å². The number of hydrogen-bond donors (Lipinski definition) is 2. The molecule has 4 nitrogen and oxygen atoms in total. The molecule has 2 aromatic rings. The predicted molar refractivity (Wildman–Crippen MR) is 57.1 cm³/mol. The molecule has 2 rings (SSSR count). The van der Waals surface area contributed by atoms with Gasteiger partial charge in [-0.05, 0) is 24.1 Å². The third-order valence-corrected chi connectivity index (χ3v) is 2.32. The first kappa shape index (κ1) is 9.71. The minimum absolute atomic E-state index is 0.179. The molecule has 0 unspecified atom stereocenters. The van der Waals surface area contributed by atoms with Gasteiger partial charge < -0.3 is 10.1 Å². The van der Waals surface area contributed by atoms with Crippen LogP contribution in [0.1, 0.15) is 35.9 Å². The van der Waals surface area contributed by atoms with Crippen LogP contribution in [0.2, 0.25) is 0 Å². The molecule has 0 amide bonds. The van der Waals surface area contributed by atoms with E-state index in [9.17, 15) is 4.79 Å². The van der Waals surface area contributed by atoms with Gasteiger partial charge in [0.1, 0.15) is 5.69 Å². The van der Waals surface area contributed by atoms with E-state index in [0.29, 0.717) is 11.4 Å². The molecule has 0 aliphatic carbocycles. The van der Waals surface area contributed by atoms with Crippen LogP contribution in [0.15, 0.2) is 18.2 Å². The fourth-order valence-electron chi connectivity index (χ4n) is 1.46. The van der Waals surface area contributed by atoms with E-state index >= 15 is 0 Å². The standard InChI is InChI=1S/C11H12N2O2/c1-6(2)7-3-4-8-9(12-7)5-10(13-8)11(14)15/h3-6,13H,1-2H3,(H,14,15). The summed E-state index contributed by atoms with van der Waals surface area (Å²) >= 11 is 0. The van der Waals surface area contributed by atoms with Crippen LogP contribution in [0.3, 0.4) is 0 Å². The molecule has 4 heteroatoms. The first-order valence-corrected chi connectivity index (χ1v) is 4.81. The first-order chi connectivity index (χ1) is 7.08. The minimum atomic E-state index is -0.959. The lowest BCUT2D eigenvalue weighted by molar-refractivity contribution is 0.0691. The van der Waals surface area contributed by atoms with Gasteiger partial charge >= 0.3 is 5.97 Å². The van der Waals surface area contributed by atoms with Crippen LogP contribution in [-0.2, 0) is 0 Å². The van der Waals surface area contributed by atoms with E-state index in [1.54, 1.807) is 6.07 Å². The van der Waals surface area contributed by atoms with Crippen LogP contribution in [0, 0.1) is 0 Å². The number of aromatic carboxylic acids is 1. The number of carboxylic acids is 1. The zero-order chi connectivity index (χ0) is 11.0. The number of fused-ring (bicyclic) bond motifs is 1. The Hall–Kier alpha value is -1.84. The SMILES string of the molecule is CC(C)c1ccc2[nH]c(C(=O)O)cc2n1. The highest BCUT2D eigenvalue weighted by molar-refractivity contribution is 5.92. The van der Waals surface area contributed by atoms with Crippen molar-refractivity contribution in [2.75, 3.05) is 0 Å². The van der Waals surface area contributed by atoms with E-state index in [0.717, 1.165) is 11.2 Å². The number of rotatable bonds is 2. The lowest BCUT2D eigenvalue weighted by atomic mass is 10.1. The quantitative estimate of drug-likeness (QED) is 0.789. The van der Waals surface area contributed by atoms with Crippen LogP contribution in [0.5, 0.6) is 0 Å². The average molecular weight is 204 g/mol. The molecular weight excluding hydrogens is 192 g/mol. The highest BCUT2D eigenvalue weighted by atomic mass is 16.4. The molecule has 2 N–H and O–H groups in total. The van der Waals surface area contributed by atoms with Gasteiger partial charge in [0, 0.05) is 5.69 Å². The first-order valence-electron chi connectivity index (χ1n) is 4.81. The summed E-state index contributed by atoms with van der Waals surface area (Å²) in [4.78, 5) is 17.9. The Morgan fingerprint density at radius 2 is 2.20 bits per heavy atom. The van der Waals surface area contributed by atoms with E-state index in [4.69, 9.17) is 5.11 Å². The van der Waals surface area contributed by atoms with Crippen LogP contribution in [-0.4, -0.2) is 21.0 Å². The van der Waals surface area contributed by atoms with Gasteiger partial charge in [-0.2, -0.15) is 0 Å². The second kappa shape index (κ2) is 3.38. The van der Waals surface area contributed by atoms with Crippen molar-refractivity contribution < 1.29 is 9.90 Å². The van der Waals surface area contributed by atoms with E-state index in [2.05, 4.69) is 23.8 Å². The summed E-state index contributed by atoms with van der Waals surface area (Å²) in [5, 5.41) is 8.81. The Bertz CT molecular complexity index is 514. The summed E-state index contributed by atoms with van der Waals surface area (Å²) in [5.74, 6) is -0.614. The van der Waals surface area contributed by atoms with Crippen LogP contribution >= 0.6 is 0 Å². The minimum Gasteiger partial charge on any atom is -0.477 e. The Morgan fingerprint density at radius 1 is 1.47 bits per heavy atom. The second-order valence-electron chi connectivity index (χ2n) is 3.81. The maximum absolute atomic E-state index is 10.7. The summed E-state index contributed by atoms with van der Waals surface area (Å²) in [6.45, 7) is 4.11. The van der Waals surface area contributed by atoms with Crippen molar-refractivity contribution in [2.45, 2.75) is 19.8 Å². The molecule has 15 heavy (non-hydrogen) atoms. The summed E-state index contributed by atoms with van der Waals surface area (Å²) in [7, 11) is 0. The maximum atomic E-state index is 10.7. The number of aromatic amines is 1. The number of H-pyrrole nitrogens is 1. The number of carboxylic acid groups (broad SMARTS) is 1. The number of carbonyl (C=O) groups is 1. The monoisotopic (exact) mass is 204 g/mol. The van der Waals surface area contributed by atoms with E-state index in [1.807, 2.05) is 12.1 Å². The maximum Gasteiger partial charge on any atom is 0.352 e. The lowest BCUT2D eigenvalue weighted by Crippen LogP contribution is -1.94. The normalized spacial score (nSPS) is 11.1. The van der Waals surface area contributed by atoms with E-state index in [-0.39, 0.29) is 5.69 Å². The number of pyridine rings is 1. The number of nitrogens with zero attached hydrogens (tertiary/aromatic N) is 1. The van der Waals surface area contributed by atoms with Gasteiger partial charge in [0.15, 0.2) is 0 Å². The number of aromatic nitrogens is 2. The highest BCUT2D eigenvalue weighted by Crippen LogP contribution is 2.18. The van der Waals surface area contributed by atoms with Crippen molar-refractivity contribution in [1.29, 1.82) is 0 Å². The topological polar surface area (TPSA) is 66.0 Å². The smallest absolute Gasteiger partial charge is 0.352 e. The average Bonchev–Trinajstić information content (AvgIpc) is 2.59. The molecular formula is C11H12N2O2. The molecule has 0 aliphatic heterocycles. The molecule has 0 aliphatic rings. The van der Waals surface area contributed by atoms with Crippen molar-refractivity contribution in [1.82, 2.24) is 9.97 Å². The Balaban J connectivity index is 2.57. The van der Waals surface area contributed by atoms with Crippen molar-refractivity contribution in [3.05, 3.63) is 29.6 Å². The Labute approximate surface area is 87.0 Å². The fraction of sp³-hybridized carbons (Fsp3) is 0.273. The molecule has 0 saturated heterocycles. The summed E-state index contributed by atoms with van der Waals surface area (Å²) in [6, 6.07) is 5.34. The molecule has 0 radical (unpaired) electrons. The molecule has 0 atom stereocenters. The molecule has 78 valence electrons. The molecule has 2 aromatic heterocycles. The van der Waals surface area contributed by atoms with E-state index in [1.165, 1.54) is 0 Å². The zero-order valence-electron chi connectivity index (χ0n) is 8.61. The third-order valence-electron chi connectivity index (χ3n) is 2.32. The van der Waals surface area contributed by atoms with Gasteiger partial charge in [-0.25, -0.2) is 4.79 Å². The zero-order valence-corrected chi connectivity index (χ0v) is 8.61. The molecule has 0 fully saturated rings. The van der Waals surface area contributed by atoms with Crippen LogP contribution < -0.4 is 0 Å². The van der Waals surface area contributed by atoms with Crippen molar-refractivity contribution >= 4 is 17.0 Å². The predicted octanol–water partition coefficient (Wildman–Crippen LogP) is 2.38. The molecule has 2 heterocycles. The molecule has 0 aromatic carbocycles. The summed E-state index contributed by atoms with van der Waals surface area (Å²) in [5.41, 5.74) is 2.62. The lowest BCUT2D eigenvalue weighted by Gasteiger charge is -2.02. The number of nitrogens with one attached hydrogen (secondary N) is 1. The highest BCUT2D eigenvalue weighted by Gasteiger charge is 2.09. The fourth-order valence-corrected chi connectivity index (χ4v) is 1.46.